The zero-order valence-corrected chi connectivity index (χ0v) is 14.1. The second-order valence-corrected chi connectivity index (χ2v) is 7.41. The average molecular weight is 315 g/mol. The number of hydrogen-bond acceptors (Lipinski definition) is 5. The van der Waals surface area contributed by atoms with Crippen LogP contribution in [0.25, 0.3) is 0 Å². The molecule has 0 atom stereocenters. The Morgan fingerprint density at radius 2 is 1.91 bits per heavy atom. The second-order valence-electron chi connectivity index (χ2n) is 7.41. The number of rotatable bonds is 4. The molecule has 5 nitrogen and oxygen atoms in total. The van der Waals surface area contributed by atoms with Crippen molar-refractivity contribution in [1.82, 2.24) is 10.1 Å². The molecule has 0 spiro atoms. The number of ether oxygens (including phenoxy) is 1. The van der Waals surface area contributed by atoms with E-state index in [1.807, 2.05) is 18.2 Å². The van der Waals surface area contributed by atoms with Gasteiger partial charge in [0.2, 0.25) is 0 Å². The van der Waals surface area contributed by atoms with Gasteiger partial charge in [-0.3, -0.25) is 0 Å². The molecule has 0 amide bonds. The summed E-state index contributed by atoms with van der Waals surface area (Å²) in [6, 6.07) is 8.05. The van der Waals surface area contributed by atoms with Crippen molar-refractivity contribution in [2.24, 2.45) is 5.73 Å². The molecular formula is C18H25N3O2. The van der Waals surface area contributed by atoms with E-state index in [2.05, 4.69) is 37.0 Å². The summed E-state index contributed by atoms with van der Waals surface area (Å²) >= 11 is 0. The lowest BCUT2D eigenvalue weighted by Gasteiger charge is -2.22. The first-order chi connectivity index (χ1) is 10.9. The van der Waals surface area contributed by atoms with Crippen molar-refractivity contribution in [3.05, 3.63) is 41.5 Å². The van der Waals surface area contributed by atoms with E-state index in [4.69, 9.17) is 15.0 Å². The van der Waals surface area contributed by atoms with E-state index in [1.165, 1.54) is 0 Å². The van der Waals surface area contributed by atoms with Crippen LogP contribution in [0, 0.1) is 0 Å². The number of nitrogens with zero attached hydrogens (tertiary/aromatic N) is 2. The standard InChI is InChI=1S/C18H25N3O2/c1-17(2,3)13-8-4-5-9-14(13)22-12-15-20-16(21-23-15)18(19)10-6-7-11-18/h4-5,8-9H,6-7,10-12,19H2,1-3H3. The van der Waals surface area contributed by atoms with Gasteiger partial charge in [0.05, 0.1) is 5.54 Å². The van der Waals surface area contributed by atoms with Crippen molar-refractivity contribution in [2.45, 2.75) is 64.0 Å². The minimum atomic E-state index is -0.426. The fraction of sp³-hybridized carbons (Fsp3) is 0.556. The smallest absolute Gasteiger partial charge is 0.264 e. The maximum Gasteiger partial charge on any atom is 0.264 e. The van der Waals surface area contributed by atoms with Crippen LogP contribution in [0.1, 0.15) is 63.7 Å². The van der Waals surface area contributed by atoms with Gasteiger partial charge in [0.25, 0.3) is 5.89 Å². The molecule has 1 aromatic carbocycles. The molecule has 1 aliphatic carbocycles. The van der Waals surface area contributed by atoms with Crippen LogP contribution in [-0.4, -0.2) is 10.1 Å². The lowest BCUT2D eigenvalue weighted by atomic mass is 9.86. The van der Waals surface area contributed by atoms with Crippen molar-refractivity contribution in [3.8, 4) is 5.75 Å². The summed E-state index contributed by atoms with van der Waals surface area (Å²) in [6.45, 7) is 6.75. The quantitative estimate of drug-likeness (QED) is 0.931. The summed E-state index contributed by atoms with van der Waals surface area (Å²) in [5, 5.41) is 4.06. The Bertz CT molecular complexity index is 667. The zero-order valence-electron chi connectivity index (χ0n) is 14.1. The minimum Gasteiger partial charge on any atom is -0.483 e. The zero-order chi connectivity index (χ0) is 16.5. The Hall–Kier alpha value is -1.88. The van der Waals surface area contributed by atoms with Crippen molar-refractivity contribution in [3.63, 3.8) is 0 Å². The highest BCUT2D eigenvalue weighted by Crippen LogP contribution is 2.35. The molecule has 0 unspecified atom stereocenters. The summed E-state index contributed by atoms with van der Waals surface area (Å²) in [5.41, 5.74) is 7.10. The molecule has 124 valence electrons. The van der Waals surface area contributed by atoms with Gasteiger partial charge in [0, 0.05) is 0 Å². The van der Waals surface area contributed by atoms with Crippen molar-refractivity contribution in [2.75, 3.05) is 0 Å². The summed E-state index contributed by atoms with van der Waals surface area (Å²) in [5.74, 6) is 1.93. The van der Waals surface area contributed by atoms with E-state index in [-0.39, 0.29) is 12.0 Å². The topological polar surface area (TPSA) is 74.2 Å². The van der Waals surface area contributed by atoms with Gasteiger partial charge in [-0.15, -0.1) is 0 Å². The fourth-order valence-corrected chi connectivity index (χ4v) is 3.10. The van der Waals surface area contributed by atoms with Crippen LogP contribution >= 0.6 is 0 Å². The molecule has 1 aliphatic rings. The molecule has 0 radical (unpaired) electrons. The van der Waals surface area contributed by atoms with Gasteiger partial charge in [-0.1, -0.05) is 57.0 Å². The van der Waals surface area contributed by atoms with Crippen molar-refractivity contribution < 1.29 is 9.26 Å². The number of hydrogen-bond donors (Lipinski definition) is 1. The number of para-hydroxylation sites is 1. The van der Waals surface area contributed by atoms with Gasteiger partial charge in [0.15, 0.2) is 12.4 Å². The highest BCUT2D eigenvalue weighted by molar-refractivity contribution is 5.38. The van der Waals surface area contributed by atoms with Gasteiger partial charge < -0.3 is 15.0 Å². The first-order valence-electron chi connectivity index (χ1n) is 8.23. The van der Waals surface area contributed by atoms with Crippen LogP contribution in [0.5, 0.6) is 5.75 Å². The first kappa shape index (κ1) is 16.0. The van der Waals surface area contributed by atoms with Crippen LogP contribution < -0.4 is 10.5 Å². The molecule has 1 saturated carbocycles. The number of benzene rings is 1. The molecule has 2 N–H and O–H groups in total. The van der Waals surface area contributed by atoms with Crippen molar-refractivity contribution >= 4 is 0 Å². The average Bonchev–Trinajstić information content (AvgIpc) is 3.14. The fourth-order valence-electron chi connectivity index (χ4n) is 3.10. The molecular weight excluding hydrogens is 290 g/mol. The maximum atomic E-state index is 6.36. The number of aromatic nitrogens is 2. The van der Waals surface area contributed by atoms with Gasteiger partial charge >= 0.3 is 0 Å². The lowest BCUT2D eigenvalue weighted by Crippen LogP contribution is -2.34. The normalized spacial score (nSPS) is 17.4. The Labute approximate surface area is 137 Å². The third kappa shape index (κ3) is 3.39. The SMILES string of the molecule is CC(C)(C)c1ccccc1OCc1nc(C2(N)CCCC2)no1. The van der Waals surface area contributed by atoms with Crippen LogP contribution in [0.3, 0.4) is 0 Å². The maximum absolute atomic E-state index is 6.36. The monoisotopic (exact) mass is 315 g/mol. The second kappa shape index (κ2) is 5.96. The molecule has 23 heavy (non-hydrogen) atoms. The summed E-state index contributed by atoms with van der Waals surface area (Å²) in [7, 11) is 0. The van der Waals surface area contributed by atoms with E-state index < -0.39 is 5.54 Å². The van der Waals surface area contributed by atoms with E-state index in [9.17, 15) is 0 Å². The van der Waals surface area contributed by atoms with Crippen molar-refractivity contribution in [1.29, 1.82) is 0 Å². The molecule has 0 saturated heterocycles. The Morgan fingerprint density at radius 1 is 1.22 bits per heavy atom. The molecule has 1 heterocycles. The predicted octanol–water partition coefficient (Wildman–Crippen LogP) is 3.67. The van der Waals surface area contributed by atoms with Gasteiger partial charge in [0.1, 0.15) is 5.75 Å². The summed E-state index contributed by atoms with van der Waals surface area (Å²) in [6.07, 6.45) is 4.07. The predicted molar refractivity (Wildman–Crippen MR) is 88.1 cm³/mol. The summed E-state index contributed by atoms with van der Waals surface area (Å²) in [4.78, 5) is 4.44. The highest BCUT2D eigenvalue weighted by atomic mass is 16.5. The van der Waals surface area contributed by atoms with Crippen LogP contribution in [0.4, 0.5) is 0 Å². The molecule has 2 aromatic rings. The molecule has 0 aliphatic heterocycles. The van der Waals surface area contributed by atoms with Gasteiger partial charge in [-0.05, 0) is 29.9 Å². The minimum absolute atomic E-state index is 0.0156. The molecule has 1 aromatic heterocycles. The van der Waals surface area contributed by atoms with Crippen LogP contribution in [-0.2, 0) is 17.6 Å². The third-order valence-electron chi connectivity index (χ3n) is 4.46. The highest BCUT2D eigenvalue weighted by Gasteiger charge is 2.36. The molecule has 3 rings (SSSR count). The van der Waals surface area contributed by atoms with Gasteiger partial charge in [-0.2, -0.15) is 4.98 Å². The third-order valence-corrected chi connectivity index (χ3v) is 4.46. The van der Waals surface area contributed by atoms with E-state index in [1.54, 1.807) is 0 Å². The van der Waals surface area contributed by atoms with E-state index in [0.29, 0.717) is 11.7 Å². The Balaban J connectivity index is 1.71. The number of nitrogens with two attached hydrogens (primary N) is 1. The Kier molecular flexibility index (Phi) is 4.15. The Morgan fingerprint density at radius 3 is 2.61 bits per heavy atom. The molecule has 0 bridgehead atoms. The first-order valence-corrected chi connectivity index (χ1v) is 8.23. The molecule has 1 fully saturated rings. The van der Waals surface area contributed by atoms with E-state index >= 15 is 0 Å². The van der Waals surface area contributed by atoms with E-state index in [0.717, 1.165) is 37.0 Å². The lowest BCUT2D eigenvalue weighted by molar-refractivity contribution is 0.237. The van der Waals surface area contributed by atoms with Crippen LogP contribution in [0.15, 0.2) is 28.8 Å². The summed E-state index contributed by atoms with van der Waals surface area (Å²) < 4.78 is 11.2. The van der Waals surface area contributed by atoms with Crippen LogP contribution in [0.2, 0.25) is 0 Å². The largest absolute Gasteiger partial charge is 0.483 e. The molecule has 5 heteroatoms. The van der Waals surface area contributed by atoms with Gasteiger partial charge in [-0.25, -0.2) is 0 Å².